The summed E-state index contributed by atoms with van der Waals surface area (Å²) in [6, 6.07) is 6.66. The minimum Gasteiger partial charge on any atom is -0.484 e. The van der Waals surface area contributed by atoms with Crippen molar-refractivity contribution in [2.75, 3.05) is 25.0 Å². The molecule has 0 aromatic heterocycles. The van der Waals surface area contributed by atoms with E-state index in [9.17, 15) is 9.59 Å². The summed E-state index contributed by atoms with van der Waals surface area (Å²) in [6.45, 7) is 4.16. The van der Waals surface area contributed by atoms with Crippen LogP contribution in [0.5, 0.6) is 5.75 Å². The lowest BCUT2D eigenvalue weighted by Gasteiger charge is -2.07. The summed E-state index contributed by atoms with van der Waals surface area (Å²) in [5.41, 5.74) is 5.61. The Labute approximate surface area is 111 Å². The van der Waals surface area contributed by atoms with Crippen LogP contribution in [0.25, 0.3) is 0 Å². The number of nitrogens with two attached hydrogens (primary N) is 1. The number of hydrogen-bond acceptors (Lipinski definition) is 4. The largest absolute Gasteiger partial charge is 0.484 e. The van der Waals surface area contributed by atoms with Gasteiger partial charge in [0.1, 0.15) is 5.75 Å². The molecule has 4 N–H and O–H groups in total. The summed E-state index contributed by atoms with van der Waals surface area (Å²) in [6.07, 6.45) is 1.68. The van der Waals surface area contributed by atoms with Gasteiger partial charge in [-0.15, -0.1) is 6.58 Å². The smallest absolute Gasteiger partial charge is 0.255 e. The summed E-state index contributed by atoms with van der Waals surface area (Å²) in [7, 11) is 0. The monoisotopic (exact) mass is 263 g/mol. The van der Waals surface area contributed by atoms with Crippen LogP contribution in [0.15, 0.2) is 36.9 Å². The van der Waals surface area contributed by atoms with Gasteiger partial charge in [-0.2, -0.15) is 0 Å². The van der Waals surface area contributed by atoms with Gasteiger partial charge in [0.05, 0.1) is 6.54 Å². The molecular formula is C13H17N3O3. The van der Waals surface area contributed by atoms with Gasteiger partial charge in [-0.3, -0.25) is 9.59 Å². The normalized spacial score (nSPS) is 9.68. The second-order valence-corrected chi connectivity index (χ2v) is 3.75. The van der Waals surface area contributed by atoms with Crippen LogP contribution in [0.3, 0.4) is 0 Å². The van der Waals surface area contributed by atoms with Gasteiger partial charge in [0.25, 0.3) is 5.91 Å². The molecule has 102 valence electrons. The second-order valence-electron chi connectivity index (χ2n) is 3.75. The lowest BCUT2D eigenvalue weighted by molar-refractivity contribution is -0.120. The Bertz CT molecular complexity index is 443. The van der Waals surface area contributed by atoms with Gasteiger partial charge in [-0.1, -0.05) is 6.08 Å². The molecule has 0 unspecified atom stereocenters. The third-order valence-electron chi connectivity index (χ3n) is 2.09. The predicted octanol–water partition coefficient (Wildman–Crippen LogP) is 0.265. The zero-order valence-electron chi connectivity index (χ0n) is 10.5. The fourth-order valence-electron chi connectivity index (χ4n) is 1.28. The molecule has 0 fully saturated rings. The van der Waals surface area contributed by atoms with Crippen molar-refractivity contribution in [3.05, 3.63) is 36.9 Å². The molecule has 1 aromatic rings. The Morgan fingerprint density at radius 2 is 2.00 bits per heavy atom. The Kier molecular flexibility index (Phi) is 6.11. The average molecular weight is 263 g/mol. The molecule has 1 aromatic carbocycles. The highest BCUT2D eigenvalue weighted by atomic mass is 16.5. The molecule has 0 aliphatic carbocycles. The first-order chi connectivity index (χ1) is 9.11. The zero-order chi connectivity index (χ0) is 14.1. The van der Waals surface area contributed by atoms with E-state index in [1.807, 2.05) is 0 Å². The maximum Gasteiger partial charge on any atom is 0.255 e. The molecular weight excluding hydrogens is 246 g/mol. The number of benzene rings is 1. The van der Waals surface area contributed by atoms with Crippen molar-refractivity contribution in [3.63, 3.8) is 0 Å². The maximum absolute atomic E-state index is 11.5. The molecule has 0 bridgehead atoms. The van der Waals surface area contributed by atoms with E-state index in [1.165, 1.54) is 0 Å². The van der Waals surface area contributed by atoms with Crippen LogP contribution in [0, 0.1) is 0 Å². The summed E-state index contributed by atoms with van der Waals surface area (Å²) in [4.78, 5) is 22.0. The van der Waals surface area contributed by atoms with Crippen LogP contribution in [0.2, 0.25) is 0 Å². The number of carbonyl (C=O) groups excluding carboxylic acids is 2. The van der Waals surface area contributed by atoms with Crippen LogP contribution in [0.1, 0.15) is 0 Å². The van der Waals surface area contributed by atoms with Crippen LogP contribution < -0.4 is 21.1 Å². The summed E-state index contributed by atoms with van der Waals surface area (Å²) in [5.74, 6) is -0.167. The van der Waals surface area contributed by atoms with Crippen molar-refractivity contribution in [3.8, 4) is 5.75 Å². The van der Waals surface area contributed by atoms with E-state index in [0.717, 1.165) is 0 Å². The Morgan fingerprint density at radius 1 is 1.32 bits per heavy atom. The third-order valence-corrected chi connectivity index (χ3v) is 2.09. The lowest BCUT2D eigenvalue weighted by Crippen LogP contribution is -2.28. The van der Waals surface area contributed by atoms with Crippen LogP contribution in [-0.2, 0) is 9.59 Å². The molecule has 0 radical (unpaired) electrons. The van der Waals surface area contributed by atoms with E-state index in [0.29, 0.717) is 18.0 Å². The number of rotatable bonds is 8. The molecule has 0 atom stereocenters. The first kappa shape index (κ1) is 14.7. The van der Waals surface area contributed by atoms with Crippen molar-refractivity contribution < 1.29 is 14.3 Å². The molecule has 0 aliphatic heterocycles. The van der Waals surface area contributed by atoms with Gasteiger partial charge >= 0.3 is 0 Å². The first-order valence-corrected chi connectivity index (χ1v) is 5.74. The van der Waals surface area contributed by atoms with Gasteiger partial charge < -0.3 is 21.1 Å². The number of ether oxygens (including phenoxy) is 1. The maximum atomic E-state index is 11.5. The molecule has 6 heteroatoms. The van der Waals surface area contributed by atoms with Gasteiger partial charge in [-0.05, 0) is 24.3 Å². The highest BCUT2D eigenvalue weighted by molar-refractivity contribution is 5.92. The van der Waals surface area contributed by atoms with Crippen LogP contribution >= 0.6 is 0 Å². The summed E-state index contributed by atoms with van der Waals surface area (Å²) in [5, 5.41) is 5.60. The molecule has 0 saturated carbocycles. The minimum atomic E-state index is -0.536. The second kappa shape index (κ2) is 7.88. The molecule has 2 amide bonds. The van der Waals surface area contributed by atoms with E-state index in [4.69, 9.17) is 10.5 Å². The highest BCUT2D eigenvalue weighted by Crippen LogP contribution is 2.15. The van der Waals surface area contributed by atoms with Crippen LogP contribution in [0.4, 0.5) is 5.69 Å². The van der Waals surface area contributed by atoms with E-state index in [2.05, 4.69) is 17.2 Å². The van der Waals surface area contributed by atoms with Crippen molar-refractivity contribution in [1.82, 2.24) is 5.32 Å². The number of carbonyl (C=O) groups is 2. The fourth-order valence-corrected chi connectivity index (χ4v) is 1.28. The van der Waals surface area contributed by atoms with Gasteiger partial charge in [0, 0.05) is 12.2 Å². The molecule has 0 aliphatic rings. The lowest BCUT2D eigenvalue weighted by atomic mass is 10.3. The van der Waals surface area contributed by atoms with Crippen molar-refractivity contribution in [2.24, 2.45) is 5.73 Å². The van der Waals surface area contributed by atoms with Gasteiger partial charge in [0.2, 0.25) is 5.91 Å². The average Bonchev–Trinajstić information content (AvgIpc) is 2.38. The quantitative estimate of drug-likeness (QED) is 0.463. The molecule has 6 nitrogen and oxygen atoms in total. The summed E-state index contributed by atoms with van der Waals surface area (Å²) < 4.78 is 5.10. The van der Waals surface area contributed by atoms with Gasteiger partial charge in [-0.25, -0.2) is 0 Å². The van der Waals surface area contributed by atoms with Gasteiger partial charge in [0.15, 0.2) is 6.61 Å². The number of nitrogens with one attached hydrogen (secondary N) is 2. The minimum absolute atomic E-state index is 0.146. The standard InChI is InChI=1S/C13H17N3O3/c1-2-7-15-8-13(18)16-10-3-5-11(6-4-10)19-9-12(14)17/h2-6,15H,1,7-9H2,(H2,14,17)(H,16,18). The Hall–Kier alpha value is -2.34. The number of hydrogen-bond donors (Lipinski definition) is 3. The molecule has 19 heavy (non-hydrogen) atoms. The van der Waals surface area contributed by atoms with Crippen molar-refractivity contribution in [1.29, 1.82) is 0 Å². The van der Waals surface area contributed by atoms with Crippen molar-refractivity contribution >= 4 is 17.5 Å². The van der Waals surface area contributed by atoms with Crippen molar-refractivity contribution in [2.45, 2.75) is 0 Å². The number of primary amides is 1. The predicted molar refractivity (Wildman–Crippen MR) is 72.8 cm³/mol. The highest BCUT2D eigenvalue weighted by Gasteiger charge is 2.02. The van der Waals surface area contributed by atoms with E-state index >= 15 is 0 Å². The Balaban J connectivity index is 2.40. The number of anilines is 1. The number of amides is 2. The summed E-state index contributed by atoms with van der Waals surface area (Å²) >= 11 is 0. The van der Waals surface area contributed by atoms with E-state index < -0.39 is 5.91 Å². The molecule has 0 heterocycles. The topological polar surface area (TPSA) is 93.4 Å². The zero-order valence-corrected chi connectivity index (χ0v) is 10.5. The SMILES string of the molecule is C=CCNCC(=O)Nc1ccc(OCC(N)=O)cc1. The third kappa shape index (κ3) is 6.23. The van der Waals surface area contributed by atoms with E-state index in [-0.39, 0.29) is 19.1 Å². The van der Waals surface area contributed by atoms with Crippen LogP contribution in [-0.4, -0.2) is 31.5 Å². The van der Waals surface area contributed by atoms with E-state index in [1.54, 1.807) is 30.3 Å². The fraction of sp³-hybridized carbons (Fsp3) is 0.231. The molecule has 0 saturated heterocycles. The molecule has 1 rings (SSSR count). The first-order valence-electron chi connectivity index (χ1n) is 5.74. The Morgan fingerprint density at radius 3 is 2.58 bits per heavy atom. The molecule has 0 spiro atoms.